The summed E-state index contributed by atoms with van der Waals surface area (Å²) in [5.74, 6) is 0.435. The molecule has 1 heterocycles. The summed E-state index contributed by atoms with van der Waals surface area (Å²) in [6, 6.07) is 7.49. The molecule has 0 radical (unpaired) electrons. The van der Waals surface area contributed by atoms with Gasteiger partial charge in [0.05, 0.1) is 25.6 Å². The zero-order valence-corrected chi connectivity index (χ0v) is 14.7. The van der Waals surface area contributed by atoms with Crippen molar-refractivity contribution in [2.75, 3.05) is 19.1 Å². The van der Waals surface area contributed by atoms with Gasteiger partial charge in [0.15, 0.2) is 0 Å². The van der Waals surface area contributed by atoms with E-state index in [1.54, 1.807) is 27.2 Å². The number of nitrogens with zero attached hydrogens (tertiary/aromatic N) is 2. The van der Waals surface area contributed by atoms with Crippen molar-refractivity contribution in [3.8, 4) is 5.75 Å². The Kier molecular flexibility index (Phi) is 7.50. The number of nitrogens with one attached hydrogen (secondary N) is 1. The van der Waals surface area contributed by atoms with Crippen LogP contribution in [0, 0.1) is 6.92 Å². The maximum absolute atomic E-state index is 11.7. The minimum atomic E-state index is -0.357. The van der Waals surface area contributed by atoms with Crippen LogP contribution in [0.5, 0.6) is 5.75 Å². The van der Waals surface area contributed by atoms with Gasteiger partial charge < -0.3 is 9.47 Å². The molecule has 8 heteroatoms. The lowest BCUT2D eigenvalue weighted by Crippen LogP contribution is -2.03. The molecule has 0 aliphatic heterocycles. The number of hydrogen-bond donors (Lipinski definition) is 1. The minimum Gasteiger partial charge on any atom is -0.497 e. The number of carbonyl (C=O) groups is 1. The Balaban J connectivity index is 0.00000264. The van der Waals surface area contributed by atoms with Crippen LogP contribution in [-0.4, -0.2) is 30.9 Å². The molecule has 0 amide bonds. The van der Waals surface area contributed by atoms with Gasteiger partial charge in [-0.1, -0.05) is 11.3 Å². The number of thiazole rings is 1. The molecule has 2 rings (SSSR count). The van der Waals surface area contributed by atoms with Gasteiger partial charge in [0.1, 0.15) is 10.6 Å². The molecule has 1 aromatic heterocycles. The number of benzene rings is 1. The van der Waals surface area contributed by atoms with Crippen molar-refractivity contribution in [2.24, 2.45) is 5.10 Å². The van der Waals surface area contributed by atoms with Gasteiger partial charge in [-0.3, -0.25) is 5.43 Å². The molecule has 0 fully saturated rings. The van der Waals surface area contributed by atoms with Crippen LogP contribution >= 0.6 is 23.7 Å². The van der Waals surface area contributed by atoms with Crippen molar-refractivity contribution in [3.63, 3.8) is 0 Å². The number of aryl methyl sites for hydroxylation is 1. The van der Waals surface area contributed by atoms with Crippen molar-refractivity contribution in [3.05, 3.63) is 40.4 Å². The van der Waals surface area contributed by atoms with E-state index >= 15 is 0 Å². The Morgan fingerprint density at radius 3 is 2.70 bits per heavy atom. The quantitative estimate of drug-likeness (QED) is 0.487. The van der Waals surface area contributed by atoms with Gasteiger partial charge in [0.25, 0.3) is 0 Å². The maximum Gasteiger partial charge on any atom is 0.350 e. The van der Waals surface area contributed by atoms with Gasteiger partial charge in [0.2, 0.25) is 5.13 Å². The van der Waals surface area contributed by atoms with Crippen LogP contribution in [0.2, 0.25) is 0 Å². The van der Waals surface area contributed by atoms with E-state index in [0.717, 1.165) is 11.3 Å². The molecule has 0 atom stereocenters. The van der Waals surface area contributed by atoms with Gasteiger partial charge in [-0.05, 0) is 43.7 Å². The zero-order chi connectivity index (χ0) is 15.9. The first-order chi connectivity index (χ1) is 10.6. The molecule has 0 aliphatic carbocycles. The topological polar surface area (TPSA) is 72.8 Å². The number of methoxy groups -OCH3 is 1. The van der Waals surface area contributed by atoms with E-state index in [0.29, 0.717) is 22.3 Å². The fourth-order valence-corrected chi connectivity index (χ4v) is 2.49. The first kappa shape index (κ1) is 18.9. The third kappa shape index (κ3) is 5.22. The Morgan fingerprint density at radius 1 is 1.39 bits per heavy atom. The first-order valence-electron chi connectivity index (χ1n) is 6.71. The fourth-order valence-electron chi connectivity index (χ4n) is 1.68. The van der Waals surface area contributed by atoms with Gasteiger partial charge in [-0.2, -0.15) is 5.10 Å². The second-order valence-corrected chi connectivity index (χ2v) is 5.30. The number of esters is 1. The lowest BCUT2D eigenvalue weighted by molar-refractivity contribution is 0.0531. The molecular formula is C15H18ClN3O3S. The summed E-state index contributed by atoms with van der Waals surface area (Å²) in [5, 5.41) is 4.65. The van der Waals surface area contributed by atoms with Gasteiger partial charge in [-0.15, -0.1) is 12.4 Å². The summed E-state index contributed by atoms with van der Waals surface area (Å²) >= 11 is 1.22. The van der Waals surface area contributed by atoms with Crippen molar-refractivity contribution < 1.29 is 14.3 Å². The molecule has 0 bridgehead atoms. The number of aromatic nitrogens is 1. The second kappa shape index (κ2) is 9.12. The monoisotopic (exact) mass is 355 g/mol. The predicted octanol–water partition coefficient (Wildman–Crippen LogP) is 3.50. The van der Waals surface area contributed by atoms with E-state index in [9.17, 15) is 4.79 Å². The average Bonchev–Trinajstić information content (AvgIpc) is 2.89. The molecule has 0 spiro atoms. The number of anilines is 1. The van der Waals surface area contributed by atoms with Crippen LogP contribution in [0.3, 0.4) is 0 Å². The van der Waals surface area contributed by atoms with Gasteiger partial charge in [0, 0.05) is 0 Å². The Hall–Kier alpha value is -2.12. The third-order valence-corrected chi connectivity index (χ3v) is 3.79. The van der Waals surface area contributed by atoms with E-state index in [1.807, 2.05) is 24.3 Å². The number of carbonyl (C=O) groups excluding carboxylic acids is 1. The molecular weight excluding hydrogens is 338 g/mol. The molecule has 1 aromatic carbocycles. The van der Waals surface area contributed by atoms with Crippen LogP contribution in [0.15, 0.2) is 29.4 Å². The highest BCUT2D eigenvalue weighted by molar-refractivity contribution is 7.17. The van der Waals surface area contributed by atoms with E-state index in [2.05, 4.69) is 15.5 Å². The number of hydrazone groups is 1. The molecule has 0 aliphatic rings. The molecule has 0 saturated heterocycles. The van der Waals surface area contributed by atoms with Gasteiger partial charge in [-0.25, -0.2) is 9.78 Å². The van der Waals surface area contributed by atoms with Gasteiger partial charge >= 0.3 is 5.97 Å². The molecule has 124 valence electrons. The minimum absolute atomic E-state index is 0. The van der Waals surface area contributed by atoms with Crippen molar-refractivity contribution in [2.45, 2.75) is 13.8 Å². The predicted molar refractivity (Wildman–Crippen MR) is 94.3 cm³/mol. The van der Waals surface area contributed by atoms with Crippen LogP contribution in [0.4, 0.5) is 5.13 Å². The smallest absolute Gasteiger partial charge is 0.350 e. The van der Waals surface area contributed by atoms with E-state index in [-0.39, 0.29) is 18.4 Å². The van der Waals surface area contributed by atoms with Crippen LogP contribution in [0.25, 0.3) is 0 Å². The fraction of sp³-hybridized carbons (Fsp3) is 0.267. The zero-order valence-electron chi connectivity index (χ0n) is 13.0. The lowest BCUT2D eigenvalue weighted by atomic mass is 10.2. The van der Waals surface area contributed by atoms with Crippen LogP contribution in [-0.2, 0) is 4.74 Å². The van der Waals surface area contributed by atoms with Crippen molar-refractivity contribution in [1.29, 1.82) is 0 Å². The number of ether oxygens (including phenoxy) is 2. The standard InChI is InChI=1S/C15H17N3O3S.ClH/c1-4-21-14(19)13-10(2)17-15(22-13)18-16-9-11-5-7-12(20-3)8-6-11;/h5-9H,4H2,1-3H3,(H,17,18);1H. The largest absolute Gasteiger partial charge is 0.497 e. The highest BCUT2D eigenvalue weighted by atomic mass is 35.5. The summed E-state index contributed by atoms with van der Waals surface area (Å²) in [6.07, 6.45) is 1.67. The number of hydrogen-bond acceptors (Lipinski definition) is 7. The normalized spacial score (nSPS) is 10.2. The summed E-state index contributed by atoms with van der Waals surface area (Å²) in [6.45, 7) is 3.88. The molecule has 2 aromatic rings. The molecule has 6 nitrogen and oxygen atoms in total. The SMILES string of the molecule is CCOC(=O)c1sc(NN=Cc2ccc(OC)cc2)nc1C.Cl. The summed E-state index contributed by atoms with van der Waals surface area (Å²) < 4.78 is 10.1. The summed E-state index contributed by atoms with van der Waals surface area (Å²) in [4.78, 5) is 16.4. The lowest BCUT2D eigenvalue weighted by Gasteiger charge is -1.98. The second-order valence-electron chi connectivity index (χ2n) is 4.30. The van der Waals surface area contributed by atoms with E-state index in [1.165, 1.54) is 11.3 Å². The average molecular weight is 356 g/mol. The highest BCUT2D eigenvalue weighted by Crippen LogP contribution is 2.23. The third-order valence-electron chi connectivity index (χ3n) is 2.75. The maximum atomic E-state index is 11.7. The number of rotatable bonds is 6. The summed E-state index contributed by atoms with van der Waals surface area (Å²) in [5.41, 5.74) is 4.37. The molecule has 0 unspecified atom stereocenters. The van der Waals surface area contributed by atoms with E-state index in [4.69, 9.17) is 9.47 Å². The van der Waals surface area contributed by atoms with E-state index < -0.39 is 0 Å². The molecule has 23 heavy (non-hydrogen) atoms. The van der Waals surface area contributed by atoms with Crippen molar-refractivity contribution >= 4 is 41.1 Å². The highest BCUT2D eigenvalue weighted by Gasteiger charge is 2.15. The molecule has 0 saturated carbocycles. The summed E-state index contributed by atoms with van der Waals surface area (Å²) in [7, 11) is 1.62. The Labute approximate surface area is 144 Å². The Morgan fingerprint density at radius 2 is 2.09 bits per heavy atom. The van der Waals surface area contributed by atoms with Crippen molar-refractivity contribution in [1.82, 2.24) is 4.98 Å². The Bertz CT molecular complexity index is 671. The van der Waals surface area contributed by atoms with Crippen LogP contribution in [0.1, 0.15) is 27.9 Å². The number of halogens is 1. The van der Waals surface area contributed by atoms with Crippen LogP contribution < -0.4 is 10.2 Å². The first-order valence-corrected chi connectivity index (χ1v) is 7.53. The molecule has 1 N–H and O–H groups in total.